The number of ether oxygens (including phenoxy) is 1. The van der Waals surface area contributed by atoms with Gasteiger partial charge in [0.05, 0.1) is 18.3 Å². The van der Waals surface area contributed by atoms with E-state index in [1.807, 2.05) is 55.5 Å². The van der Waals surface area contributed by atoms with E-state index in [0.717, 1.165) is 11.4 Å². The quantitative estimate of drug-likeness (QED) is 0.802. The van der Waals surface area contributed by atoms with Gasteiger partial charge in [0.2, 0.25) is 0 Å². The van der Waals surface area contributed by atoms with Gasteiger partial charge in [0.25, 0.3) is 0 Å². The molecule has 2 aromatic rings. The molecule has 0 unspecified atom stereocenters. The lowest BCUT2D eigenvalue weighted by Crippen LogP contribution is -2.39. The SMILES string of the molecule is C[C@@H](NC(=O)NCCOc1ccccc1)c1ccccn1. The third-order valence-electron chi connectivity index (χ3n) is 2.88. The molecule has 0 aliphatic carbocycles. The highest BCUT2D eigenvalue weighted by molar-refractivity contribution is 5.74. The minimum Gasteiger partial charge on any atom is -0.492 e. The van der Waals surface area contributed by atoms with Gasteiger partial charge in [-0.3, -0.25) is 4.98 Å². The molecule has 5 heteroatoms. The van der Waals surface area contributed by atoms with Gasteiger partial charge in [-0.1, -0.05) is 24.3 Å². The number of urea groups is 1. The highest BCUT2D eigenvalue weighted by atomic mass is 16.5. The average Bonchev–Trinajstić information content (AvgIpc) is 2.53. The minimum atomic E-state index is -0.232. The van der Waals surface area contributed by atoms with Crippen molar-refractivity contribution < 1.29 is 9.53 Å². The van der Waals surface area contributed by atoms with Crippen molar-refractivity contribution >= 4 is 6.03 Å². The van der Waals surface area contributed by atoms with Crippen LogP contribution < -0.4 is 15.4 Å². The summed E-state index contributed by atoms with van der Waals surface area (Å²) in [6, 6.07) is 14.7. The lowest BCUT2D eigenvalue weighted by molar-refractivity contribution is 0.233. The minimum absolute atomic E-state index is 0.138. The fraction of sp³-hybridized carbons (Fsp3) is 0.250. The first kappa shape index (κ1) is 14.8. The first-order valence-corrected chi connectivity index (χ1v) is 6.89. The molecule has 1 heterocycles. The van der Waals surface area contributed by atoms with E-state index in [1.165, 1.54) is 0 Å². The van der Waals surface area contributed by atoms with Crippen LogP contribution in [-0.2, 0) is 0 Å². The third kappa shape index (κ3) is 5.14. The molecule has 0 saturated carbocycles. The number of hydrogen-bond acceptors (Lipinski definition) is 3. The summed E-state index contributed by atoms with van der Waals surface area (Å²) in [6.45, 7) is 2.76. The van der Waals surface area contributed by atoms with Crippen LogP contribution in [0.4, 0.5) is 4.79 Å². The lowest BCUT2D eigenvalue weighted by atomic mass is 10.2. The van der Waals surface area contributed by atoms with Crippen LogP contribution in [0.2, 0.25) is 0 Å². The Morgan fingerprint density at radius 1 is 1.19 bits per heavy atom. The van der Waals surface area contributed by atoms with E-state index in [0.29, 0.717) is 13.2 Å². The predicted octanol–water partition coefficient (Wildman–Crippen LogP) is 2.52. The van der Waals surface area contributed by atoms with E-state index >= 15 is 0 Å². The zero-order chi connectivity index (χ0) is 14.9. The Bertz CT molecular complexity index is 546. The summed E-state index contributed by atoms with van der Waals surface area (Å²) < 4.78 is 5.49. The number of carbonyl (C=O) groups is 1. The van der Waals surface area contributed by atoms with E-state index in [9.17, 15) is 4.79 Å². The molecule has 21 heavy (non-hydrogen) atoms. The van der Waals surface area contributed by atoms with Gasteiger partial charge in [0.15, 0.2) is 0 Å². The summed E-state index contributed by atoms with van der Waals surface area (Å²) in [5.41, 5.74) is 0.827. The second-order valence-corrected chi connectivity index (χ2v) is 4.54. The van der Waals surface area contributed by atoms with E-state index in [4.69, 9.17) is 4.74 Å². The predicted molar refractivity (Wildman–Crippen MR) is 81.1 cm³/mol. The van der Waals surface area contributed by atoms with Gasteiger partial charge in [-0.05, 0) is 31.2 Å². The molecule has 2 N–H and O–H groups in total. The molecule has 1 atom stereocenters. The first-order valence-electron chi connectivity index (χ1n) is 6.89. The average molecular weight is 285 g/mol. The van der Waals surface area contributed by atoms with Crippen LogP contribution in [0.25, 0.3) is 0 Å². The van der Waals surface area contributed by atoms with Gasteiger partial charge < -0.3 is 15.4 Å². The van der Waals surface area contributed by atoms with Crippen molar-refractivity contribution in [3.05, 3.63) is 60.4 Å². The number of benzene rings is 1. The zero-order valence-electron chi connectivity index (χ0n) is 12.0. The highest BCUT2D eigenvalue weighted by Crippen LogP contribution is 2.08. The van der Waals surface area contributed by atoms with Crippen molar-refractivity contribution in [3.8, 4) is 5.75 Å². The molecular formula is C16H19N3O2. The molecule has 1 aromatic heterocycles. The molecule has 0 spiro atoms. The maximum atomic E-state index is 11.7. The molecule has 5 nitrogen and oxygen atoms in total. The third-order valence-corrected chi connectivity index (χ3v) is 2.88. The van der Waals surface area contributed by atoms with Gasteiger partial charge in [-0.15, -0.1) is 0 Å². The number of amides is 2. The first-order chi connectivity index (χ1) is 10.3. The Labute approximate surface area is 124 Å². The van der Waals surface area contributed by atoms with Crippen LogP contribution in [-0.4, -0.2) is 24.2 Å². The summed E-state index contributed by atoms with van der Waals surface area (Å²) >= 11 is 0. The Kier molecular flexibility index (Phi) is 5.58. The Balaban J connectivity index is 1.66. The van der Waals surface area contributed by atoms with Gasteiger partial charge in [-0.25, -0.2) is 4.79 Å². The topological polar surface area (TPSA) is 63.2 Å². The van der Waals surface area contributed by atoms with E-state index in [2.05, 4.69) is 15.6 Å². The lowest BCUT2D eigenvalue weighted by Gasteiger charge is -2.14. The second kappa shape index (κ2) is 7.89. The number of nitrogens with zero attached hydrogens (tertiary/aromatic N) is 1. The van der Waals surface area contributed by atoms with E-state index < -0.39 is 0 Å². The van der Waals surface area contributed by atoms with Crippen LogP contribution in [0.15, 0.2) is 54.7 Å². The molecule has 0 bridgehead atoms. The molecule has 110 valence electrons. The van der Waals surface area contributed by atoms with Crippen LogP contribution >= 0.6 is 0 Å². The largest absolute Gasteiger partial charge is 0.492 e. The fourth-order valence-corrected chi connectivity index (χ4v) is 1.80. The Morgan fingerprint density at radius 2 is 1.95 bits per heavy atom. The van der Waals surface area contributed by atoms with Crippen molar-refractivity contribution in [1.82, 2.24) is 15.6 Å². The molecule has 1 aromatic carbocycles. The maximum absolute atomic E-state index is 11.7. The molecule has 0 aliphatic rings. The van der Waals surface area contributed by atoms with Crippen LogP contribution in [0, 0.1) is 0 Å². The summed E-state index contributed by atoms with van der Waals surface area (Å²) in [5.74, 6) is 0.793. The van der Waals surface area contributed by atoms with Gasteiger partial charge in [0.1, 0.15) is 12.4 Å². The van der Waals surface area contributed by atoms with Crippen molar-refractivity contribution in [2.45, 2.75) is 13.0 Å². The fourth-order valence-electron chi connectivity index (χ4n) is 1.80. The van der Waals surface area contributed by atoms with E-state index in [-0.39, 0.29) is 12.1 Å². The van der Waals surface area contributed by atoms with Crippen molar-refractivity contribution in [2.75, 3.05) is 13.2 Å². The summed E-state index contributed by atoms with van der Waals surface area (Å²) in [7, 11) is 0. The smallest absolute Gasteiger partial charge is 0.315 e. The van der Waals surface area contributed by atoms with E-state index in [1.54, 1.807) is 6.20 Å². The van der Waals surface area contributed by atoms with Crippen LogP contribution in [0.1, 0.15) is 18.7 Å². The highest BCUT2D eigenvalue weighted by Gasteiger charge is 2.09. The summed E-state index contributed by atoms with van der Waals surface area (Å²) in [6.07, 6.45) is 1.71. The number of aromatic nitrogens is 1. The summed E-state index contributed by atoms with van der Waals surface area (Å²) in [5, 5.41) is 5.58. The maximum Gasteiger partial charge on any atom is 0.315 e. The molecule has 0 saturated heterocycles. The Hall–Kier alpha value is -2.56. The van der Waals surface area contributed by atoms with Crippen molar-refractivity contribution in [3.63, 3.8) is 0 Å². The molecule has 2 rings (SSSR count). The van der Waals surface area contributed by atoms with Crippen LogP contribution in [0.3, 0.4) is 0 Å². The van der Waals surface area contributed by atoms with Gasteiger partial charge in [0, 0.05) is 6.20 Å². The monoisotopic (exact) mass is 285 g/mol. The molecule has 0 radical (unpaired) electrons. The number of para-hydroxylation sites is 1. The standard InChI is InChI=1S/C16H19N3O2/c1-13(15-9-5-6-10-17-15)19-16(20)18-11-12-21-14-7-3-2-4-8-14/h2-10,13H,11-12H2,1H3,(H2,18,19,20)/t13-/m1/s1. The van der Waals surface area contributed by atoms with Crippen molar-refractivity contribution in [1.29, 1.82) is 0 Å². The number of hydrogen-bond donors (Lipinski definition) is 2. The number of pyridine rings is 1. The Morgan fingerprint density at radius 3 is 2.67 bits per heavy atom. The molecule has 0 fully saturated rings. The molecule has 0 aliphatic heterocycles. The van der Waals surface area contributed by atoms with Gasteiger partial charge in [-0.2, -0.15) is 0 Å². The number of carbonyl (C=O) groups excluding carboxylic acids is 1. The summed E-state index contributed by atoms with van der Waals surface area (Å²) in [4.78, 5) is 15.9. The number of rotatable bonds is 6. The van der Waals surface area contributed by atoms with Gasteiger partial charge >= 0.3 is 6.03 Å². The van der Waals surface area contributed by atoms with Crippen LogP contribution in [0.5, 0.6) is 5.75 Å². The molecule has 2 amide bonds. The van der Waals surface area contributed by atoms with Crippen molar-refractivity contribution in [2.24, 2.45) is 0 Å². The second-order valence-electron chi connectivity index (χ2n) is 4.54. The molecular weight excluding hydrogens is 266 g/mol. The zero-order valence-corrected chi connectivity index (χ0v) is 12.0. The number of nitrogens with one attached hydrogen (secondary N) is 2. The normalized spacial score (nSPS) is 11.5.